The molecule has 0 saturated heterocycles. The van der Waals surface area contributed by atoms with Crippen molar-refractivity contribution in [2.24, 2.45) is 5.73 Å². The molecule has 82 valence electrons. The third kappa shape index (κ3) is 1.77. The number of rotatable bonds is 3. The second-order valence-corrected chi connectivity index (χ2v) is 3.73. The number of ether oxygens (including phenoxy) is 2. The quantitative estimate of drug-likeness (QED) is 0.826. The van der Waals surface area contributed by atoms with Gasteiger partial charge in [-0.1, -0.05) is 0 Å². The Kier molecular flexibility index (Phi) is 2.52. The summed E-state index contributed by atoms with van der Waals surface area (Å²) >= 11 is 0. The van der Waals surface area contributed by atoms with Crippen LogP contribution in [0.2, 0.25) is 0 Å². The first-order valence-electron chi connectivity index (χ1n) is 4.84. The highest BCUT2D eigenvalue weighted by Gasteiger charge is 2.39. The maximum Gasteiger partial charge on any atom is 0.130 e. The van der Waals surface area contributed by atoms with Gasteiger partial charge in [0.1, 0.15) is 17.3 Å². The van der Waals surface area contributed by atoms with Crippen LogP contribution in [0, 0.1) is 5.82 Å². The molecule has 0 heterocycles. The van der Waals surface area contributed by atoms with Crippen LogP contribution >= 0.6 is 0 Å². The van der Waals surface area contributed by atoms with Crippen LogP contribution in [0.4, 0.5) is 4.39 Å². The summed E-state index contributed by atoms with van der Waals surface area (Å²) in [7, 11) is 3.04. The molecule has 1 aromatic carbocycles. The lowest BCUT2D eigenvalue weighted by atomic mass is 10.1. The lowest BCUT2D eigenvalue weighted by Gasteiger charge is -2.12. The number of halogens is 1. The monoisotopic (exact) mass is 211 g/mol. The molecule has 2 rings (SSSR count). The summed E-state index contributed by atoms with van der Waals surface area (Å²) in [6.45, 7) is 0. The smallest absolute Gasteiger partial charge is 0.130 e. The van der Waals surface area contributed by atoms with Crippen LogP contribution in [-0.2, 0) is 0 Å². The average Bonchev–Trinajstić information content (AvgIpc) is 2.93. The Morgan fingerprint density at radius 3 is 2.07 bits per heavy atom. The van der Waals surface area contributed by atoms with E-state index in [9.17, 15) is 4.39 Å². The van der Waals surface area contributed by atoms with E-state index in [0.29, 0.717) is 11.5 Å². The van der Waals surface area contributed by atoms with Crippen molar-refractivity contribution in [3.05, 3.63) is 23.5 Å². The molecule has 0 aromatic heterocycles. The molecule has 15 heavy (non-hydrogen) atoms. The molecule has 0 amide bonds. The minimum Gasteiger partial charge on any atom is -0.496 e. The highest BCUT2D eigenvalue weighted by Crippen LogP contribution is 2.48. The van der Waals surface area contributed by atoms with Crippen LogP contribution < -0.4 is 15.2 Å². The van der Waals surface area contributed by atoms with Gasteiger partial charge in [-0.05, 0) is 6.42 Å². The normalized spacial score (nSPS) is 23.7. The molecule has 2 atom stereocenters. The fourth-order valence-electron chi connectivity index (χ4n) is 1.82. The third-order valence-corrected chi connectivity index (χ3v) is 2.72. The first-order valence-corrected chi connectivity index (χ1v) is 4.84. The van der Waals surface area contributed by atoms with E-state index in [1.165, 1.54) is 26.4 Å². The molecule has 2 N–H and O–H groups in total. The molecule has 1 aliphatic carbocycles. The van der Waals surface area contributed by atoms with Crippen molar-refractivity contribution in [3.63, 3.8) is 0 Å². The standard InChI is InChI=1S/C11H14FNO2/c1-14-9-3-6(12)4-10(15-2)11(9)7-5-8(7)13/h3-4,7-8H,5,13H2,1-2H3. The van der Waals surface area contributed by atoms with Gasteiger partial charge in [-0.2, -0.15) is 0 Å². The van der Waals surface area contributed by atoms with Gasteiger partial charge in [0.05, 0.1) is 14.2 Å². The Balaban J connectivity index is 2.48. The summed E-state index contributed by atoms with van der Waals surface area (Å²) in [5.41, 5.74) is 6.66. The summed E-state index contributed by atoms with van der Waals surface area (Å²) in [4.78, 5) is 0. The SMILES string of the molecule is COc1cc(F)cc(OC)c1C1CC1N. The van der Waals surface area contributed by atoms with Crippen molar-refractivity contribution in [1.29, 1.82) is 0 Å². The van der Waals surface area contributed by atoms with Crippen molar-refractivity contribution in [2.75, 3.05) is 14.2 Å². The van der Waals surface area contributed by atoms with E-state index in [2.05, 4.69) is 0 Å². The number of methoxy groups -OCH3 is 2. The molecule has 1 aliphatic rings. The zero-order valence-corrected chi connectivity index (χ0v) is 8.79. The topological polar surface area (TPSA) is 44.5 Å². The predicted octanol–water partition coefficient (Wildman–Crippen LogP) is 1.66. The Morgan fingerprint density at radius 1 is 1.27 bits per heavy atom. The van der Waals surface area contributed by atoms with Crippen LogP contribution in [-0.4, -0.2) is 20.3 Å². The summed E-state index contributed by atoms with van der Waals surface area (Å²) in [6.07, 6.45) is 0.901. The third-order valence-electron chi connectivity index (χ3n) is 2.72. The maximum atomic E-state index is 13.2. The number of nitrogens with two attached hydrogens (primary N) is 1. The van der Waals surface area contributed by atoms with E-state index in [1.807, 2.05) is 0 Å². The largest absolute Gasteiger partial charge is 0.496 e. The molecule has 1 aromatic rings. The van der Waals surface area contributed by atoms with Gasteiger partial charge in [-0.15, -0.1) is 0 Å². The minimum atomic E-state index is -0.360. The molecule has 0 spiro atoms. The number of hydrogen-bond acceptors (Lipinski definition) is 3. The molecule has 0 radical (unpaired) electrons. The van der Waals surface area contributed by atoms with E-state index >= 15 is 0 Å². The van der Waals surface area contributed by atoms with Crippen molar-refractivity contribution in [3.8, 4) is 11.5 Å². The minimum absolute atomic E-state index is 0.137. The van der Waals surface area contributed by atoms with Gasteiger partial charge < -0.3 is 15.2 Å². The van der Waals surface area contributed by atoms with Gasteiger partial charge >= 0.3 is 0 Å². The molecule has 0 bridgehead atoms. The van der Waals surface area contributed by atoms with E-state index in [0.717, 1.165) is 12.0 Å². The van der Waals surface area contributed by atoms with Gasteiger partial charge in [-0.25, -0.2) is 4.39 Å². The van der Waals surface area contributed by atoms with Gasteiger partial charge in [0.25, 0.3) is 0 Å². The Bertz CT molecular complexity index is 356. The maximum absolute atomic E-state index is 13.2. The zero-order valence-electron chi connectivity index (χ0n) is 8.79. The highest BCUT2D eigenvalue weighted by molar-refractivity contribution is 5.50. The Morgan fingerprint density at radius 2 is 1.73 bits per heavy atom. The predicted molar refractivity (Wildman–Crippen MR) is 54.8 cm³/mol. The molecular formula is C11H14FNO2. The van der Waals surface area contributed by atoms with Gasteiger partial charge in [0.2, 0.25) is 0 Å². The van der Waals surface area contributed by atoms with Crippen LogP contribution in [0.3, 0.4) is 0 Å². The van der Waals surface area contributed by atoms with Crippen molar-refractivity contribution >= 4 is 0 Å². The van der Waals surface area contributed by atoms with E-state index in [-0.39, 0.29) is 17.8 Å². The molecule has 0 aliphatic heterocycles. The Labute approximate surface area is 88.0 Å². The fraction of sp³-hybridized carbons (Fsp3) is 0.455. The number of benzene rings is 1. The highest BCUT2D eigenvalue weighted by atomic mass is 19.1. The first kappa shape index (κ1) is 10.2. The van der Waals surface area contributed by atoms with Crippen molar-refractivity contribution < 1.29 is 13.9 Å². The van der Waals surface area contributed by atoms with Crippen LogP contribution in [0.25, 0.3) is 0 Å². The van der Waals surface area contributed by atoms with Crippen molar-refractivity contribution in [2.45, 2.75) is 18.4 Å². The van der Waals surface area contributed by atoms with E-state index < -0.39 is 0 Å². The molecule has 3 nitrogen and oxygen atoms in total. The second-order valence-electron chi connectivity index (χ2n) is 3.73. The van der Waals surface area contributed by atoms with Crippen LogP contribution in [0.15, 0.2) is 12.1 Å². The summed E-state index contributed by atoms with van der Waals surface area (Å²) in [5.74, 6) is 0.909. The van der Waals surface area contributed by atoms with Crippen LogP contribution in [0.5, 0.6) is 11.5 Å². The molecule has 1 saturated carbocycles. The summed E-state index contributed by atoms with van der Waals surface area (Å²) in [6, 6.07) is 2.87. The van der Waals surface area contributed by atoms with E-state index in [4.69, 9.17) is 15.2 Å². The molecule has 4 heteroatoms. The lowest BCUT2D eigenvalue weighted by Crippen LogP contribution is -2.04. The molecule has 1 fully saturated rings. The second kappa shape index (κ2) is 3.70. The molecule has 2 unspecified atom stereocenters. The van der Waals surface area contributed by atoms with E-state index in [1.54, 1.807) is 0 Å². The first-order chi connectivity index (χ1) is 7.17. The molecular weight excluding hydrogens is 197 g/mol. The van der Waals surface area contributed by atoms with Gasteiger partial charge in [-0.3, -0.25) is 0 Å². The lowest BCUT2D eigenvalue weighted by molar-refractivity contribution is 0.379. The number of hydrogen-bond donors (Lipinski definition) is 1. The van der Waals surface area contributed by atoms with Gasteiger partial charge in [0.15, 0.2) is 0 Å². The average molecular weight is 211 g/mol. The zero-order chi connectivity index (χ0) is 11.0. The summed E-state index contributed by atoms with van der Waals surface area (Å²) in [5, 5.41) is 0. The Hall–Kier alpha value is -1.29. The fourth-order valence-corrected chi connectivity index (χ4v) is 1.82. The van der Waals surface area contributed by atoms with Crippen molar-refractivity contribution in [1.82, 2.24) is 0 Å². The van der Waals surface area contributed by atoms with Crippen LogP contribution in [0.1, 0.15) is 17.9 Å². The summed E-state index contributed by atoms with van der Waals surface area (Å²) < 4.78 is 23.5. The van der Waals surface area contributed by atoms with Gasteiger partial charge in [0, 0.05) is 29.7 Å².